The van der Waals surface area contributed by atoms with E-state index in [4.69, 9.17) is 16.3 Å². The van der Waals surface area contributed by atoms with E-state index in [1.807, 2.05) is 18.2 Å². The summed E-state index contributed by atoms with van der Waals surface area (Å²) in [4.78, 5) is 14.8. The third-order valence-corrected chi connectivity index (χ3v) is 5.05. The molecule has 0 spiro atoms. The van der Waals surface area contributed by atoms with E-state index in [0.29, 0.717) is 28.3 Å². The zero-order valence-corrected chi connectivity index (χ0v) is 14.4. The lowest BCUT2D eigenvalue weighted by atomic mass is 9.79. The van der Waals surface area contributed by atoms with Crippen molar-refractivity contribution in [2.45, 2.75) is 19.4 Å². The summed E-state index contributed by atoms with van der Waals surface area (Å²) in [6, 6.07) is 10.9. The van der Waals surface area contributed by atoms with Crippen LogP contribution in [-0.2, 0) is 11.3 Å². The van der Waals surface area contributed by atoms with Gasteiger partial charge in [0.05, 0.1) is 17.2 Å². The molecule has 2 aromatic carbocycles. The molecule has 4 rings (SSSR count). The van der Waals surface area contributed by atoms with Crippen LogP contribution in [0.5, 0.6) is 0 Å². The lowest BCUT2D eigenvalue weighted by Crippen LogP contribution is -2.28. The number of anilines is 2. The van der Waals surface area contributed by atoms with Gasteiger partial charge in [0.2, 0.25) is 0 Å². The smallest absolute Gasteiger partial charge is 0.423 e. The quantitative estimate of drug-likeness (QED) is 0.829. The van der Waals surface area contributed by atoms with Crippen molar-refractivity contribution in [1.29, 1.82) is 0 Å². The minimum absolute atomic E-state index is 0.272. The zero-order valence-electron chi connectivity index (χ0n) is 13.7. The summed E-state index contributed by atoms with van der Waals surface area (Å²) >= 11 is 6.34. The highest BCUT2D eigenvalue weighted by molar-refractivity contribution is 6.61. The Balaban J connectivity index is 1.52. The van der Waals surface area contributed by atoms with Crippen LogP contribution in [0, 0.1) is 0 Å². The fourth-order valence-electron chi connectivity index (χ4n) is 3.35. The van der Waals surface area contributed by atoms with Gasteiger partial charge >= 0.3 is 7.12 Å². The number of amides is 1. The lowest BCUT2D eigenvalue weighted by Gasteiger charge is -2.18. The summed E-state index contributed by atoms with van der Waals surface area (Å²) in [7, 11) is -0.935. The number of nitrogens with one attached hydrogen (secondary N) is 1. The third-order valence-electron chi connectivity index (χ3n) is 4.74. The molecule has 0 saturated carbocycles. The number of hydrogen-bond donors (Lipinski definition) is 2. The Kier molecular flexibility index (Phi) is 4.42. The molecule has 0 aliphatic carbocycles. The van der Waals surface area contributed by atoms with Gasteiger partial charge in [0.15, 0.2) is 0 Å². The number of halogens is 1. The Hall–Kier alpha value is -2.02. The SMILES string of the molecule is O=C(Nc1ccc2c(c1)B(O)OC2)c1ccc(N2CCCC2)cc1Cl. The summed E-state index contributed by atoms with van der Waals surface area (Å²) in [6.45, 7) is 2.44. The summed E-state index contributed by atoms with van der Waals surface area (Å²) in [6.07, 6.45) is 2.38. The first-order valence-electron chi connectivity index (χ1n) is 8.40. The average molecular weight is 357 g/mol. The van der Waals surface area contributed by atoms with Gasteiger partial charge in [0.1, 0.15) is 0 Å². The molecule has 2 aliphatic heterocycles. The van der Waals surface area contributed by atoms with Crippen LogP contribution in [0.4, 0.5) is 11.4 Å². The first kappa shape index (κ1) is 16.5. The van der Waals surface area contributed by atoms with Crippen LogP contribution in [0.2, 0.25) is 5.02 Å². The van der Waals surface area contributed by atoms with Crippen LogP contribution in [0.25, 0.3) is 0 Å². The molecule has 1 amide bonds. The summed E-state index contributed by atoms with van der Waals surface area (Å²) in [5.74, 6) is -0.272. The molecule has 5 nitrogen and oxygen atoms in total. The normalized spacial score (nSPS) is 16.2. The van der Waals surface area contributed by atoms with E-state index in [1.165, 1.54) is 12.8 Å². The predicted octanol–water partition coefficient (Wildman–Crippen LogP) is 2.41. The van der Waals surface area contributed by atoms with Gasteiger partial charge in [0.25, 0.3) is 5.91 Å². The molecular formula is C18H18BClN2O3. The van der Waals surface area contributed by atoms with E-state index in [9.17, 15) is 9.82 Å². The average Bonchev–Trinajstić information content (AvgIpc) is 3.25. The van der Waals surface area contributed by atoms with Gasteiger partial charge in [-0.3, -0.25) is 4.79 Å². The molecule has 7 heteroatoms. The number of fused-ring (bicyclic) bond motifs is 1. The minimum Gasteiger partial charge on any atom is -0.423 e. The van der Waals surface area contributed by atoms with Gasteiger partial charge in [-0.1, -0.05) is 17.7 Å². The Morgan fingerprint density at radius 2 is 2.00 bits per heavy atom. The molecule has 0 unspecified atom stereocenters. The Morgan fingerprint density at radius 3 is 2.76 bits per heavy atom. The highest BCUT2D eigenvalue weighted by Gasteiger charge is 2.27. The molecule has 0 bridgehead atoms. The molecule has 2 aromatic rings. The van der Waals surface area contributed by atoms with E-state index >= 15 is 0 Å². The number of rotatable bonds is 3. The Morgan fingerprint density at radius 1 is 1.20 bits per heavy atom. The minimum atomic E-state index is -0.935. The molecule has 0 atom stereocenters. The number of hydrogen-bond acceptors (Lipinski definition) is 4. The zero-order chi connectivity index (χ0) is 17.4. The van der Waals surface area contributed by atoms with Crippen molar-refractivity contribution < 1.29 is 14.5 Å². The van der Waals surface area contributed by atoms with Crippen LogP contribution < -0.4 is 15.7 Å². The van der Waals surface area contributed by atoms with E-state index in [0.717, 1.165) is 24.3 Å². The van der Waals surface area contributed by atoms with Crippen LogP contribution in [-0.4, -0.2) is 31.1 Å². The molecule has 128 valence electrons. The summed E-state index contributed by atoms with van der Waals surface area (Å²) < 4.78 is 5.17. The molecule has 2 N–H and O–H groups in total. The van der Waals surface area contributed by atoms with E-state index in [1.54, 1.807) is 18.2 Å². The maximum atomic E-state index is 12.5. The molecule has 0 radical (unpaired) electrons. The van der Waals surface area contributed by atoms with Crippen molar-refractivity contribution in [3.8, 4) is 0 Å². The highest BCUT2D eigenvalue weighted by Crippen LogP contribution is 2.27. The van der Waals surface area contributed by atoms with Crippen molar-refractivity contribution >= 4 is 41.5 Å². The van der Waals surface area contributed by atoms with Crippen LogP contribution in [0.15, 0.2) is 36.4 Å². The second kappa shape index (κ2) is 6.71. The first-order valence-corrected chi connectivity index (χ1v) is 8.78. The third kappa shape index (κ3) is 3.25. The number of carbonyl (C=O) groups is 1. The molecule has 2 aliphatic rings. The number of carbonyl (C=O) groups excluding carboxylic acids is 1. The van der Waals surface area contributed by atoms with Gasteiger partial charge in [-0.25, -0.2) is 0 Å². The molecule has 0 aromatic heterocycles. The molecule has 1 saturated heterocycles. The summed E-state index contributed by atoms with van der Waals surface area (Å²) in [5, 5.41) is 13.0. The Bertz CT molecular complexity index is 824. The first-order chi connectivity index (χ1) is 12.1. The highest BCUT2D eigenvalue weighted by atomic mass is 35.5. The number of benzene rings is 2. The van der Waals surface area contributed by atoms with E-state index in [-0.39, 0.29) is 5.91 Å². The van der Waals surface area contributed by atoms with Gasteiger partial charge in [0, 0.05) is 24.5 Å². The van der Waals surface area contributed by atoms with Gasteiger partial charge in [-0.15, -0.1) is 0 Å². The monoisotopic (exact) mass is 356 g/mol. The standard InChI is InChI=1S/C18H18BClN2O3/c20-17-10-14(22-7-1-2-8-22)5-6-15(17)18(23)21-13-4-3-12-11-25-19(24)16(12)9-13/h3-6,9-10,24H,1-2,7-8,11H2,(H,21,23). The van der Waals surface area contributed by atoms with E-state index in [2.05, 4.69) is 10.2 Å². The van der Waals surface area contributed by atoms with Crippen molar-refractivity contribution in [3.05, 3.63) is 52.5 Å². The second-order valence-electron chi connectivity index (χ2n) is 6.39. The van der Waals surface area contributed by atoms with Gasteiger partial charge < -0.3 is 19.9 Å². The Labute approximate surface area is 151 Å². The fraction of sp³-hybridized carbons (Fsp3) is 0.278. The van der Waals surface area contributed by atoms with Crippen LogP contribution in [0.3, 0.4) is 0 Å². The maximum Gasteiger partial charge on any atom is 0.491 e. The maximum absolute atomic E-state index is 12.5. The van der Waals surface area contributed by atoms with Crippen LogP contribution in [0.1, 0.15) is 28.8 Å². The van der Waals surface area contributed by atoms with Crippen molar-refractivity contribution in [2.75, 3.05) is 23.3 Å². The van der Waals surface area contributed by atoms with Crippen molar-refractivity contribution in [3.63, 3.8) is 0 Å². The van der Waals surface area contributed by atoms with Gasteiger partial charge in [-0.05, 0) is 54.2 Å². The van der Waals surface area contributed by atoms with Crippen molar-refractivity contribution in [2.24, 2.45) is 0 Å². The fourth-order valence-corrected chi connectivity index (χ4v) is 3.61. The van der Waals surface area contributed by atoms with Gasteiger partial charge in [-0.2, -0.15) is 0 Å². The summed E-state index contributed by atoms with van der Waals surface area (Å²) in [5.41, 5.74) is 3.71. The van der Waals surface area contributed by atoms with Crippen molar-refractivity contribution in [1.82, 2.24) is 0 Å². The predicted molar refractivity (Wildman–Crippen MR) is 99.7 cm³/mol. The van der Waals surface area contributed by atoms with Crippen LogP contribution >= 0.6 is 11.6 Å². The topological polar surface area (TPSA) is 61.8 Å². The molecular weight excluding hydrogens is 338 g/mol. The van der Waals surface area contributed by atoms with E-state index < -0.39 is 7.12 Å². The second-order valence-corrected chi connectivity index (χ2v) is 6.80. The molecule has 1 fully saturated rings. The molecule has 2 heterocycles. The largest absolute Gasteiger partial charge is 0.491 e. The lowest BCUT2D eigenvalue weighted by molar-refractivity contribution is 0.102. The number of nitrogens with zero attached hydrogens (tertiary/aromatic N) is 1. The molecule has 25 heavy (non-hydrogen) atoms.